The second-order valence-electron chi connectivity index (χ2n) is 4.06. The smallest absolute Gasteiger partial charge is 0.129 e. The van der Waals surface area contributed by atoms with E-state index in [9.17, 15) is 13.9 Å². The standard InChI is InChI=1S/C12H14F2OS/c13-9-4-3-8(10(14)7-9)6-11(15)12-2-1-5-16-12/h3-4,7,11-12,15H,1-2,5-6H2. The Morgan fingerprint density at radius 2 is 2.25 bits per heavy atom. The van der Waals surface area contributed by atoms with Gasteiger partial charge in [0.2, 0.25) is 0 Å². The minimum absolute atomic E-state index is 0.199. The zero-order valence-corrected chi connectivity index (χ0v) is 9.64. The molecule has 1 aliphatic heterocycles. The third-order valence-corrected chi connectivity index (χ3v) is 4.34. The Labute approximate surface area is 97.9 Å². The minimum atomic E-state index is -0.578. The maximum atomic E-state index is 13.3. The first-order chi connectivity index (χ1) is 7.66. The zero-order valence-electron chi connectivity index (χ0n) is 8.83. The minimum Gasteiger partial charge on any atom is -0.392 e. The average Bonchev–Trinajstić information content (AvgIpc) is 2.75. The zero-order chi connectivity index (χ0) is 11.5. The molecule has 4 heteroatoms. The van der Waals surface area contributed by atoms with Gasteiger partial charge in [0.05, 0.1) is 6.10 Å². The molecule has 1 aromatic rings. The van der Waals surface area contributed by atoms with E-state index in [0.717, 1.165) is 24.7 Å². The molecule has 0 bridgehead atoms. The van der Waals surface area contributed by atoms with Crippen LogP contribution in [0.1, 0.15) is 18.4 Å². The SMILES string of the molecule is OC(Cc1ccc(F)cc1F)C1CCCS1. The molecule has 0 spiro atoms. The van der Waals surface area contributed by atoms with Gasteiger partial charge < -0.3 is 5.11 Å². The quantitative estimate of drug-likeness (QED) is 0.882. The molecule has 1 heterocycles. The van der Waals surface area contributed by atoms with Crippen molar-refractivity contribution in [3.8, 4) is 0 Å². The molecule has 88 valence electrons. The maximum Gasteiger partial charge on any atom is 0.129 e. The van der Waals surface area contributed by atoms with Crippen molar-refractivity contribution in [3.63, 3.8) is 0 Å². The largest absolute Gasteiger partial charge is 0.392 e. The van der Waals surface area contributed by atoms with Crippen LogP contribution in [0.3, 0.4) is 0 Å². The lowest BCUT2D eigenvalue weighted by Crippen LogP contribution is -2.23. The Morgan fingerprint density at radius 3 is 2.88 bits per heavy atom. The van der Waals surface area contributed by atoms with Crippen molar-refractivity contribution < 1.29 is 13.9 Å². The van der Waals surface area contributed by atoms with Gasteiger partial charge in [0.1, 0.15) is 11.6 Å². The number of aliphatic hydroxyl groups excluding tert-OH is 1. The summed E-state index contributed by atoms with van der Waals surface area (Å²) in [5.74, 6) is -0.0822. The Kier molecular flexibility index (Phi) is 3.82. The molecule has 16 heavy (non-hydrogen) atoms. The fraction of sp³-hybridized carbons (Fsp3) is 0.500. The van der Waals surface area contributed by atoms with Crippen LogP contribution in [0.2, 0.25) is 0 Å². The Balaban J connectivity index is 2.02. The molecule has 2 rings (SSSR count). The normalized spacial score (nSPS) is 22.3. The van der Waals surface area contributed by atoms with E-state index >= 15 is 0 Å². The van der Waals surface area contributed by atoms with Crippen LogP contribution in [-0.4, -0.2) is 22.2 Å². The van der Waals surface area contributed by atoms with Crippen LogP contribution in [0.25, 0.3) is 0 Å². The molecule has 1 nitrogen and oxygen atoms in total. The molecule has 0 radical (unpaired) electrons. The van der Waals surface area contributed by atoms with Crippen LogP contribution in [0.5, 0.6) is 0 Å². The lowest BCUT2D eigenvalue weighted by molar-refractivity contribution is 0.169. The molecule has 1 aliphatic rings. The topological polar surface area (TPSA) is 20.2 Å². The summed E-state index contributed by atoms with van der Waals surface area (Å²) in [6, 6.07) is 3.50. The summed E-state index contributed by atoms with van der Waals surface area (Å²) < 4.78 is 26.0. The van der Waals surface area contributed by atoms with E-state index in [1.165, 1.54) is 12.1 Å². The Morgan fingerprint density at radius 1 is 1.44 bits per heavy atom. The summed E-state index contributed by atoms with van der Waals surface area (Å²) in [7, 11) is 0. The van der Waals surface area contributed by atoms with E-state index < -0.39 is 17.7 Å². The van der Waals surface area contributed by atoms with Crippen LogP contribution in [-0.2, 0) is 6.42 Å². The Bertz CT molecular complexity index is 364. The molecule has 2 unspecified atom stereocenters. The summed E-state index contributed by atoms with van der Waals surface area (Å²) in [5.41, 5.74) is 0.390. The first kappa shape index (κ1) is 11.9. The van der Waals surface area contributed by atoms with Gasteiger partial charge in [0.15, 0.2) is 0 Å². The molecule has 0 amide bonds. The van der Waals surface area contributed by atoms with E-state index in [0.29, 0.717) is 5.56 Å². The van der Waals surface area contributed by atoms with Crippen molar-refractivity contribution in [3.05, 3.63) is 35.4 Å². The number of aliphatic hydroxyl groups is 1. The van der Waals surface area contributed by atoms with Gasteiger partial charge in [-0.2, -0.15) is 11.8 Å². The van der Waals surface area contributed by atoms with E-state index in [1.807, 2.05) is 0 Å². The molecule has 2 atom stereocenters. The molecule has 1 aromatic carbocycles. The van der Waals surface area contributed by atoms with Gasteiger partial charge in [-0.3, -0.25) is 0 Å². The lowest BCUT2D eigenvalue weighted by Gasteiger charge is -2.17. The fourth-order valence-electron chi connectivity index (χ4n) is 1.95. The van der Waals surface area contributed by atoms with Crippen LogP contribution >= 0.6 is 11.8 Å². The van der Waals surface area contributed by atoms with Gasteiger partial charge in [-0.25, -0.2) is 8.78 Å². The predicted molar refractivity (Wildman–Crippen MR) is 61.5 cm³/mol. The van der Waals surface area contributed by atoms with Gasteiger partial charge in [-0.05, 0) is 30.2 Å². The van der Waals surface area contributed by atoms with Crippen LogP contribution in [0.15, 0.2) is 18.2 Å². The number of hydrogen-bond acceptors (Lipinski definition) is 2. The highest BCUT2D eigenvalue weighted by Crippen LogP contribution is 2.30. The van der Waals surface area contributed by atoms with Crippen LogP contribution in [0.4, 0.5) is 8.78 Å². The summed E-state index contributed by atoms with van der Waals surface area (Å²) in [6.07, 6.45) is 1.82. The van der Waals surface area contributed by atoms with Crippen LogP contribution < -0.4 is 0 Å². The summed E-state index contributed by atoms with van der Waals surface area (Å²) in [4.78, 5) is 0. The Hall–Kier alpha value is -0.610. The molecular weight excluding hydrogens is 230 g/mol. The fourth-order valence-corrected chi connectivity index (χ4v) is 3.24. The van der Waals surface area contributed by atoms with Crippen molar-refractivity contribution in [1.82, 2.24) is 0 Å². The number of hydrogen-bond donors (Lipinski definition) is 1. The van der Waals surface area contributed by atoms with Crippen molar-refractivity contribution in [2.45, 2.75) is 30.6 Å². The number of thioether (sulfide) groups is 1. The van der Waals surface area contributed by atoms with E-state index in [-0.39, 0.29) is 11.7 Å². The predicted octanol–water partition coefficient (Wildman–Crippen LogP) is 2.76. The third-order valence-electron chi connectivity index (χ3n) is 2.84. The molecule has 0 aromatic heterocycles. The second-order valence-corrected chi connectivity index (χ2v) is 5.41. The number of rotatable bonds is 3. The second kappa shape index (κ2) is 5.15. The highest BCUT2D eigenvalue weighted by atomic mass is 32.2. The molecule has 0 saturated carbocycles. The highest BCUT2D eigenvalue weighted by molar-refractivity contribution is 8.00. The van der Waals surface area contributed by atoms with Crippen molar-refractivity contribution in [2.75, 3.05) is 5.75 Å². The van der Waals surface area contributed by atoms with Gasteiger partial charge in [0, 0.05) is 17.7 Å². The highest BCUT2D eigenvalue weighted by Gasteiger charge is 2.24. The molecule has 1 N–H and O–H groups in total. The first-order valence-electron chi connectivity index (χ1n) is 5.40. The summed E-state index contributed by atoms with van der Waals surface area (Å²) in [5, 5.41) is 10.1. The first-order valence-corrected chi connectivity index (χ1v) is 6.45. The monoisotopic (exact) mass is 244 g/mol. The van der Waals surface area contributed by atoms with Crippen LogP contribution in [0, 0.1) is 11.6 Å². The van der Waals surface area contributed by atoms with Crippen molar-refractivity contribution in [1.29, 1.82) is 0 Å². The molecule has 1 fully saturated rings. The average molecular weight is 244 g/mol. The van der Waals surface area contributed by atoms with E-state index in [1.54, 1.807) is 11.8 Å². The van der Waals surface area contributed by atoms with E-state index in [2.05, 4.69) is 0 Å². The lowest BCUT2D eigenvalue weighted by atomic mass is 10.0. The maximum absolute atomic E-state index is 13.3. The van der Waals surface area contributed by atoms with E-state index in [4.69, 9.17) is 0 Å². The van der Waals surface area contributed by atoms with Gasteiger partial charge in [0.25, 0.3) is 0 Å². The van der Waals surface area contributed by atoms with Gasteiger partial charge in [-0.15, -0.1) is 0 Å². The molecule has 0 aliphatic carbocycles. The van der Waals surface area contributed by atoms with Crippen molar-refractivity contribution >= 4 is 11.8 Å². The van der Waals surface area contributed by atoms with Gasteiger partial charge in [-0.1, -0.05) is 6.07 Å². The summed E-state index contributed by atoms with van der Waals surface area (Å²) in [6.45, 7) is 0. The van der Waals surface area contributed by atoms with Crippen molar-refractivity contribution in [2.24, 2.45) is 0 Å². The third kappa shape index (κ3) is 2.74. The van der Waals surface area contributed by atoms with Gasteiger partial charge >= 0.3 is 0 Å². The molecular formula is C12H14F2OS. The summed E-state index contributed by atoms with van der Waals surface area (Å²) >= 11 is 1.73. The number of benzene rings is 1. The molecule has 1 saturated heterocycles. The number of halogens is 2.